The Hall–Kier alpha value is 0.0969. The first kappa shape index (κ1) is 15.6. The van der Waals surface area contributed by atoms with Gasteiger partial charge in [0.15, 0.2) is 8.32 Å². The maximum absolute atomic E-state index is 9.23. The fourth-order valence-electron chi connectivity index (χ4n) is 0.535. The van der Waals surface area contributed by atoms with E-state index >= 15 is 0 Å². The Bertz CT molecular complexity index is 110. The Labute approximate surface area is 84.3 Å². The Morgan fingerprint density at radius 3 is 1.54 bits per heavy atom. The maximum atomic E-state index is 9.23. The van der Waals surface area contributed by atoms with E-state index in [1.165, 1.54) is 0 Å². The fraction of sp³-hybridized carbons (Fsp3) is 1.00. The van der Waals surface area contributed by atoms with Crippen LogP contribution in [-0.4, -0.2) is 52.3 Å². The molecular weight excluding hydrogens is 180 g/mol. The lowest BCUT2D eigenvalue weighted by Crippen LogP contribution is -2.27. The summed E-state index contributed by atoms with van der Waals surface area (Å²) in [4.78, 5) is 9.23. The highest BCUT2D eigenvalue weighted by Gasteiger charge is 2.14. The summed E-state index contributed by atoms with van der Waals surface area (Å²) in [7, 11) is 6.74. The van der Waals surface area contributed by atoms with E-state index in [0.29, 0.717) is 6.54 Å². The molecule has 0 unspecified atom stereocenters. The molecule has 82 valence electrons. The van der Waals surface area contributed by atoms with Crippen LogP contribution in [0.5, 0.6) is 0 Å². The molecule has 0 aromatic heterocycles. The minimum atomic E-state index is -1.76. The first-order chi connectivity index (χ1) is 5.56. The molecule has 3 N–H and O–H groups in total. The Morgan fingerprint density at radius 1 is 1.15 bits per heavy atom. The summed E-state index contributed by atoms with van der Waals surface area (Å²) in [6, 6.07) is 0.934. The second-order valence-electron chi connectivity index (χ2n) is 5.39. The Morgan fingerprint density at radius 2 is 1.46 bits per heavy atom. The van der Waals surface area contributed by atoms with Gasteiger partial charge in [0.1, 0.15) is 0 Å². The van der Waals surface area contributed by atoms with Crippen molar-refractivity contribution in [3.63, 3.8) is 0 Å². The molecule has 3 nitrogen and oxygen atoms in total. The predicted octanol–water partition coefficient (Wildman–Crippen LogP) is 0.855. The van der Waals surface area contributed by atoms with Crippen LogP contribution in [0.3, 0.4) is 0 Å². The number of nitrogens with zero attached hydrogens (tertiary/aromatic N) is 1. The Balaban J connectivity index is 0. The van der Waals surface area contributed by atoms with Gasteiger partial charge in [-0.15, -0.1) is 0 Å². The third kappa shape index (κ3) is 47.5. The molecule has 0 saturated heterocycles. The average molecular weight is 207 g/mol. The molecule has 0 atom stereocenters. The molecule has 0 heterocycles. The van der Waals surface area contributed by atoms with Crippen LogP contribution >= 0.6 is 0 Å². The monoisotopic (exact) mass is 207 g/mol. The summed E-state index contributed by atoms with van der Waals surface area (Å²) < 4.78 is 1.00. The summed E-state index contributed by atoms with van der Waals surface area (Å²) in [5, 5.41) is 0. The zero-order chi connectivity index (χ0) is 11.1. The highest BCUT2D eigenvalue weighted by atomic mass is 28.4. The van der Waals surface area contributed by atoms with E-state index in [1.54, 1.807) is 0 Å². The molecular formula is C9H27N2OSi+. The number of quaternary nitrogens is 1. The minimum Gasteiger partial charge on any atom is -0.432 e. The van der Waals surface area contributed by atoms with Crippen molar-refractivity contribution in [3.05, 3.63) is 0 Å². The number of hydrogen-bond donors (Lipinski definition) is 2. The van der Waals surface area contributed by atoms with Gasteiger partial charge in [-0.1, -0.05) is 0 Å². The zero-order valence-corrected chi connectivity index (χ0v) is 11.1. The van der Waals surface area contributed by atoms with Crippen LogP contribution in [0.1, 0.15) is 6.42 Å². The van der Waals surface area contributed by atoms with E-state index in [2.05, 4.69) is 28.2 Å². The Kier molecular flexibility index (Phi) is 7.82. The summed E-state index contributed by atoms with van der Waals surface area (Å²) >= 11 is 0. The maximum Gasteiger partial charge on any atom is 0.182 e. The molecule has 0 aliphatic carbocycles. The third-order valence-electron chi connectivity index (χ3n) is 0.993. The van der Waals surface area contributed by atoms with Gasteiger partial charge in [-0.2, -0.15) is 0 Å². The molecule has 0 radical (unpaired) electrons. The van der Waals surface area contributed by atoms with Crippen LogP contribution in [-0.2, 0) is 0 Å². The topological polar surface area (TPSA) is 46.2 Å². The van der Waals surface area contributed by atoms with E-state index in [-0.39, 0.29) is 0 Å². The van der Waals surface area contributed by atoms with Gasteiger partial charge in [0.25, 0.3) is 0 Å². The minimum absolute atomic E-state index is 0.705. The molecule has 0 spiro atoms. The van der Waals surface area contributed by atoms with Crippen LogP contribution < -0.4 is 5.73 Å². The van der Waals surface area contributed by atoms with Gasteiger partial charge < -0.3 is 15.0 Å². The molecule has 0 bridgehead atoms. The largest absolute Gasteiger partial charge is 0.432 e. The molecule has 0 aromatic carbocycles. The normalized spacial score (nSPS) is 12.0. The van der Waals surface area contributed by atoms with E-state index < -0.39 is 8.32 Å². The highest BCUT2D eigenvalue weighted by Crippen LogP contribution is 2.05. The van der Waals surface area contributed by atoms with Crippen LogP contribution in [0.2, 0.25) is 19.1 Å². The van der Waals surface area contributed by atoms with Crippen molar-refractivity contribution in [2.45, 2.75) is 25.6 Å². The van der Waals surface area contributed by atoms with Gasteiger partial charge in [0.05, 0.1) is 28.2 Å². The second-order valence-corrected chi connectivity index (χ2v) is 9.51. The first-order valence-electron chi connectivity index (χ1n) is 4.77. The lowest BCUT2D eigenvalue weighted by molar-refractivity contribution is -0.849. The van der Waals surface area contributed by atoms with Crippen molar-refractivity contribution >= 4 is 8.32 Å². The predicted molar refractivity (Wildman–Crippen MR) is 62.1 cm³/mol. The molecule has 0 aromatic rings. The molecule has 0 fully saturated rings. The van der Waals surface area contributed by atoms with Gasteiger partial charge in [-0.3, -0.25) is 0 Å². The van der Waals surface area contributed by atoms with Crippen LogP contribution in [0, 0.1) is 0 Å². The quantitative estimate of drug-likeness (QED) is 0.532. The molecule has 4 heteroatoms. The lowest BCUT2D eigenvalue weighted by Gasteiger charge is -2.14. The van der Waals surface area contributed by atoms with Gasteiger partial charge >= 0.3 is 0 Å². The van der Waals surface area contributed by atoms with E-state index in [9.17, 15) is 4.80 Å². The van der Waals surface area contributed by atoms with Crippen molar-refractivity contribution in [1.82, 2.24) is 0 Å². The number of hydrogen-bond acceptors (Lipinski definition) is 2. The average Bonchev–Trinajstić information content (AvgIpc) is 1.77. The highest BCUT2D eigenvalue weighted by molar-refractivity contribution is 6.69. The number of rotatable bonds is 3. The summed E-state index contributed by atoms with van der Waals surface area (Å²) in [6.45, 7) is 4.57. The van der Waals surface area contributed by atoms with Crippen LogP contribution in [0.15, 0.2) is 0 Å². The van der Waals surface area contributed by atoms with E-state index in [4.69, 9.17) is 5.73 Å². The van der Waals surface area contributed by atoms with Crippen LogP contribution in [0.4, 0.5) is 0 Å². The summed E-state index contributed by atoms with van der Waals surface area (Å²) in [6.07, 6.45) is 0.968. The smallest absolute Gasteiger partial charge is 0.182 e. The van der Waals surface area contributed by atoms with E-state index in [1.807, 2.05) is 13.1 Å². The van der Waals surface area contributed by atoms with Crippen molar-refractivity contribution in [3.8, 4) is 0 Å². The molecule has 0 amide bonds. The zero-order valence-electron chi connectivity index (χ0n) is 10.1. The van der Waals surface area contributed by atoms with Gasteiger partial charge in [0.2, 0.25) is 0 Å². The van der Waals surface area contributed by atoms with E-state index in [0.717, 1.165) is 16.9 Å². The van der Waals surface area contributed by atoms with Gasteiger partial charge in [-0.05, 0) is 32.1 Å². The van der Waals surface area contributed by atoms with Crippen molar-refractivity contribution in [1.29, 1.82) is 0 Å². The van der Waals surface area contributed by atoms with Crippen molar-refractivity contribution in [2.75, 3.05) is 34.7 Å². The van der Waals surface area contributed by atoms with Crippen molar-refractivity contribution < 1.29 is 9.28 Å². The molecule has 13 heavy (non-hydrogen) atoms. The first-order valence-corrected chi connectivity index (χ1v) is 7.93. The fourth-order valence-corrected chi connectivity index (χ4v) is 1.60. The molecule has 0 rings (SSSR count). The third-order valence-corrected chi connectivity index (χ3v) is 2.57. The lowest BCUT2D eigenvalue weighted by atomic mass is 10.5. The van der Waals surface area contributed by atoms with Crippen molar-refractivity contribution in [2.24, 2.45) is 5.73 Å². The SMILES string of the molecule is C[N+](C)(C)C.C[Si](C)(O)CCCN. The number of nitrogens with two attached hydrogens (primary N) is 1. The summed E-state index contributed by atoms with van der Waals surface area (Å²) in [5.41, 5.74) is 5.25. The second kappa shape index (κ2) is 6.54. The van der Waals surface area contributed by atoms with Crippen LogP contribution in [0.25, 0.3) is 0 Å². The summed E-state index contributed by atoms with van der Waals surface area (Å²) in [5.74, 6) is 0. The molecule has 0 aliphatic rings. The standard InChI is InChI=1S/C5H15NOSi.C4H12N/c1-8(2,7)5-3-4-6;1-5(2,3)4/h7H,3-6H2,1-2H3;1-4H3/q;+1. The van der Waals surface area contributed by atoms with Gasteiger partial charge in [-0.25, -0.2) is 0 Å². The van der Waals surface area contributed by atoms with Gasteiger partial charge in [0, 0.05) is 0 Å². The molecule has 0 saturated carbocycles. The molecule has 0 aliphatic heterocycles.